The van der Waals surface area contributed by atoms with Gasteiger partial charge in [0.1, 0.15) is 5.75 Å². The number of aryl methyl sites for hydroxylation is 1. The number of aromatic nitrogens is 1. The van der Waals surface area contributed by atoms with Crippen molar-refractivity contribution in [3.8, 4) is 5.75 Å². The fourth-order valence-corrected chi connectivity index (χ4v) is 2.62. The zero-order chi connectivity index (χ0) is 17.9. The standard InChI is InChI=1S/C18H20N2O4/c1-10-16(12(3)21)11(2)20-17(10)15(22)9-24-14-7-5-13(6-8-14)18(23)19-4/h5-8,20H,9H2,1-4H3,(H,19,23). The fraction of sp³-hybridized carbons (Fsp3) is 0.278. The second-order valence-corrected chi connectivity index (χ2v) is 5.50. The number of amides is 1. The summed E-state index contributed by atoms with van der Waals surface area (Å²) >= 11 is 0. The largest absolute Gasteiger partial charge is 0.485 e. The van der Waals surface area contributed by atoms with Crippen LogP contribution in [0.25, 0.3) is 0 Å². The number of aromatic amines is 1. The summed E-state index contributed by atoms with van der Waals surface area (Å²) in [7, 11) is 1.56. The van der Waals surface area contributed by atoms with Gasteiger partial charge in [0, 0.05) is 23.9 Å². The predicted octanol–water partition coefficient (Wildman–Crippen LogP) is 2.46. The number of benzene rings is 1. The van der Waals surface area contributed by atoms with E-state index in [9.17, 15) is 14.4 Å². The number of rotatable bonds is 6. The average Bonchev–Trinajstić information content (AvgIpc) is 2.87. The zero-order valence-electron chi connectivity index (χ0n) is 14.1. The molecule has 0 aliphatic heterocycles. The van der Waals surface area contributed by atoms with Crippen LogP contribution >= 0.6 is 0 Å². The van der Waals surface area contributed by atoms with E-state index in [-0.39, 0.29) is 24.1 Å². The number of carbonyl (C=O) groups is 3. The molecule has 0 radical (unpaired) electrons. The van der Waals surface area contributed by atoms with E-state index >= 15 is 0 Å². The van der Waals surface area contributed by atoms with Gasteiger partial charge in [-0.05, 0) is 50.6 Å². The monoisotopic (exact) mass is 328 g/mol. The first-order valence-corrected chi connectivity index (χ1v) is 7.53. The van der Waals surface area contributed by atoms with Crippen LogP contribution in [-0.4, -0.2) is 36.1 Å². The Bertz CT molecular complexity index is 788. The van der Waals surface area contributed by atoms with Crippen LogP contribution in [0.3, 0.4) is 0 Å². The predicted molar refractivity (Wildman–Crippen MR) is 89.9 cm³/mol. The maximum Gasteiger partial charge on any atom is 0.251 e. The van der Waals surface area contributed by atoms with Crippen molar-refractivity contribution in [3.05, 3.63) is 52.3 Å². The van der Waals surface area contributed by atoms with Crippen molar-refractivity contribution in [1.29, 1.82) is 0 Å². The lowest BCUT2D eigenvalue weighted by Gasteiger charge is -2.06. The average molecular weight is 328 g/mol. The summed E-state index contributed by atoms with van der Waals surface area (Å²) in [6.07, 6.45) is 0. The zero-order valence-corrected chi connectivity index (χ0v) is 14.1. The van der Waals surface area contributed by atoms with Crippen LogP contribution in [0.15, 0.2) is 24.3 Å². The molecule has 2 N–H and O–H groups in total. The number of ketones is 2. The molecule has 6 heteroatoms. The van der Waals surface area contributed by atoms with Gasteiger partial charge in [-0.1, -0.05) is 0 Å². The molecular weight excluding hydrogens is 308 g/mol. The van der Waals surface area contributed by atoms with Crippen molar-refractivity contribution in [2.45, 2.75) is 20.8 Å². The fourth-order valence-electron chi connectivity index (χ4n) is 2.62. The quantitative estimate of drug-likeness (QED) is 0.797. The lowest BCUT2D eigenvalue weighted by atomic mass is 10.1. The first-order chi connectivity index (χ1) is 11.3. The molecule has 0 fully saturated rings. The van der Waals surface area contributed by atoms with Crippen molar-refractivity contribution in [1.82, 2.24) is 10.3 Å². The maximum atomic E-state index is 12.3. The minimum Gasteiger partial charge on any atom is -0.485 e. The maximum absolute atomic E-state index is 12.3. The van der Waals surface area contributed by atoms with E-state index in [1.54, 1.807) is 45.2 Å². The Morgan fingerprint density at radius 3 is 2.25 bits per heavy atom. The molecule has 0 aliphatic rings. The number of hydrogen-bond donors (Lipinski definition) is 2. The summed E-state index contributed by atoms with van der Waals surface area (Å²) in [6.45, 7) is 4.82. The molecule has 2 rings (SSSR count). The third kappa shape index (κ3) is 3.53. The second-order valence-electron chi connectivity index (χ2n) is 5.50. The number of carbonyl (C=O) groups excluding carboxylic acids is 3. The molecule has 0 bridgehead atoms. The molecule has 2 aromatic rings. The summed E-state index contributed by atoms with van der Waals surface area (Å²) in [5, 5.41) is 2.53. The Morgan fingerprint density at radius 1 is 1.12 bits per heavy atom. The Morgan fingerprint density at radius 2 is 1.75 bits per heavy atom. The van der Waals surface area contributed by atoms with E-state index in [2.05, 4.69) is 10.3 Å². The van der Waals surface area contributed by atoms with Gasteiger partial charge in [-0.3, -0.25) is 14.4 Å². The molecule has 0 saturated heterocycles. The van der Waals surface area contributed by atoms with E-state index in [1.165, 1.54) is 6.92 Å². The Labute approximate surface area is 140 Å². The molecule has 126 valence electrons. The minimum absolute atomic E-state index is 0.0778. The SMILES string of the molecule is CNC(=O)c1ccc(OCC(=O)c2[nH]c(C)c(C(C)=O)c2C)cc1. The summed E-state index contributed by atoms with van der Waals surface area (Å²) < 4.78 is 5.47. The number of H-pyrrole nitrogens is 1. The molecule has 1 aromatic carbocycles. The molecule has 1 heterocycles. The van der Waals surface area contributed by atoms with Gasteiger partial charge in [-0.25, -0.2) is 0 Å². The van der Waals surface area contributed by atoms with Crippen LogP contribution in [0.2, 0.25) is 0 Å². The highest BCUT2D eigenvalue weighted by molar-refractivity contribution is 6.03. The molecule has 6 nitrogen and oxygen atoms in total. The lowest BCUT2D eigenvalue weighted by Crippen LogP contribution is -2.17. The highest BCUT2D eigenvalue weighted by Gasteiger charge is 2.20. The van der Waals surface area contributed by atoms with E-state index in [0.717, 1.165) is 0 Å². The lowest BCUT2D eigenvalue weighted by molar-refractivity contribution is 0.0914. The normalized spacial score (nSPS) is 10.3. The number of ether oxygens (including phenoxy) is 1. The van der Waals surface area contributed by atoms with E-state index in [0.29, 0.717) is 33.8 Å². The summed E-state index contributed by atoms with van der Waals surface area (Å²) in [4.78, 5) is 38.4. The molecule has 1 aromatic heterocycles. The topological polar surface area (TPSA) is 88.3 Å². The van der Waals surface area contributed by atoms with Crippen LogP contribution in [0, 0.1) is 13.8 Å². The summed E-state index contributed by atoms with van der Waals surface area (Å²) in [5.41, 5.74) is 2.77. The van der Waals surface area contributed by atoms with Crippen molar-refractivity contribution in [2.24, 2.45) is 0 Å². The first-order valence-electron chi connectivity index (χ1n) is 7.53. The Hall–Kier alpha value is -2.89. The van der Waals surface area contributed by atoms with Crippen molar-refractivity contribution < 1.29 is 19.1 Å². The molecule has 0 atom stereocenters. The highest BCUT2D eigenvalue weighted by Crippen LogP contribution is 2.19. The van der Waals surface area contributed by atoms with E-state index in [1.807, 2.05) is 0 Å². The van der Waals surface area contributed by atoms with Gasteiger partial charge in [-0.15, -0.1) is 0 Å². The molecule has 0 saturated carbocycles. The van der Waals surface area contributed by atoms with Crippen LogP contribution in [0.5, 0.6) is 5.75 Å². The van der Waals surface area contributed by atoms with Gasteiger partial charge in [0.05, 0.1) is 5.69 Å². The van der Waals surface area contributed by atoms with E-state index < -0.39 is 0 Å². The molecule has 0 aliphatic carbocycles. The minimum atomic E-state index is -0.238. The summed E-state index contributed by atoms with van der Waals surface area (Å²) in [5.74, 6) is -0.0138. The number of nitrogens with one attached hydrogen (secondary N) is 2. The van der Waals surface area contributed by atoms with Gasteiger partial charge >= 0.3 is 0 Å². The molecule has 1 amide bonds. The van der Waals surface area contributed by atoms with Crippen LogP contribution in [0.4, 0.5) is 0 Å². The van der Waals surface area contributed by atoms with E-state index in [4.69, 9.17) is 4.74 Å². The van der Waals surface area contributed by atoms with Gasteiger partial charge in [0.2, 0.25) is 5.78 Å². The van der Waals surface area contributed by atoms with Crippen molar-refractivity contribution in [3.63, 3.8) is 0 Å². The van der Waals surface area contributed by atoms with Gasteiger partial charge in [0.15, 0.2) is 12.4 Å². The van der Waals surface area contributed by atoms with Crippen LogP contribution < -0.4 is 10.1 Å². The van der Waals surface area contributed by atoms with Gasteiger partial charge < -0.3 is 15.0 Å². The van der Waals surface area contributed by atoms with Crippen molar-refractivity contribution >= 4 is 17.5 Å². The molecule has 0 unspecified atom stereocenters. The Balaban J connectivity index is 2.07. The Kier molecular flexibility index (Phi) is 5.18. The number of Topliss-reactive ketones (excluding diaryl/α,β-unsaturated/α-hetero) is 2. The third-order valence-electron chi connectivity index (χ3n) is 3.78. The van der Waals surface area contributed by atoms with Crippen LogP contribution in [0.1, 0.15) is 49.4 Å². The highest BCUT2D eigenvalue weighted by atomic mass is 16.5. The first kappa shape index (κ1) is 17.5. The molecular formula is C18H20N2O4. The van der Waals surface area contributed by atoms with Crippen LogP contribution in [-0.2, 0) is 0 Å². The second kappa shape index (κ2) is 7.12. The van der Waals surface area contributed by atoms with Gasteiger partial charge in [0.25, 0.3) is 5.91 Å². The number of hydrogen-bond acceptors (Lipinski definition) is 4. The third-order valence-corrected chi connectivity index (χ3v) is 3.78. The smallest absolute Gasteiger partial charge is 0.251 e. The van der Waals surface area contributed by atoms with Crippen molar-refractivity contribution in [2.75, 3.05) is 13.7 Å². The summed E-state index contributed by atoms with van der Waals surface area (Å²) in [6, 6.07) is 6.50. The molecule has 24 heavy (non-hydrogen) atoms. The molecule has 0 spiro atoms. The van der Waals surface area contributed by atoms with Gasteiger partial charge in [-0.2, -0.15) is 0 Å².